The van der Waals surface area contributed by atoms with E-state index < -0.39 is 11.5 Å². The molecule has 3 aliphatic rings. The van der Waals surface area contributed by atoms with E-state index >= 15 is 0 Å². The summed E-state index contributed by atoms with van der Waals surface area (Å²) in [7, 11) is 0. The second kappa shape index (κ2) is 8.48. The molecular formula is C27H34N4O3. The first-order valence-corrected chi connectivity index (χ1v) is 12.1. The van der Waals surface area contributed by atoms with Crippen LogP contribution in [0.25, 0.3) is 11.1 Å². The molecule has 3 fully saturated rings. The second-order valence-corrected chi connectivity index (χ2v) is 10.6. The van der Waals surface area contributed by atoms with E-state index in [1.54, 1.807) is 26.1 Å². The summed E-state index contributed by atoms with van der Waals surface area (Å²) in [6, 6.07) is 11.1. The minimum atomic E-state index is -1.23. The summed E-state index contributed by atoms with van der Waals surface area (Å²) in [6.07, 6.45) is 5.24. The zero-order valence-electron chi connectivity index (χ0n) is 20.0. The first-order chi connectivity index (χ1) is 16.2. The number of rotatable bonds is 6. The van der Waals surface area contributed by atoms with Crippen LogP contribution in [0.2, 0.25) is 0 Å². The zero-order chi connectivity index (χ0) is 24.1. The number of amides is 1. The van der Waals surface area contributed by atoms with Crippen LogP contribution < -0.4 is 11.1 Å². The molecule has 34 heavy (non-hydrogen) atoms. The first kappa shape index (κ1) is 23.0. The molecule has 0 bridgehead atoms. The van der Waals surface area contributed by atoms with E-state index in [2.05, 4.69) is 46.0 Å². The third kappa shape index (κ3) is 4.24. The molecule has 1 saturated carbocycles. The Bertz CT molecular complexity index is 1100. The largest absolute Gasteiger partial charge is 0.384 e. The van der Waals surface area contributed by atoms with Crippen molar-refractivity contribution in [3.05, 3.63) is 59.9 Å². The molecule has 7 nitrogen and oxygen atoms in total. The number of hydrogen-bond donors (Lipinski definition) is 3. The third-order valence-corrected chi connectivity index (χ3v) is 7.84. The van der Waals surface area contributed by atoms with Crippen LogP contribution >= 0.6 is 0 Å². The lowest BCUT2D eigenvalue weighted by molar-refractivity contribution is 0.0378. The average Bonchev–Trinajstić information content (AvgIpc) is 3.40. The van der Waals surface area contributed by atoms with Gasteiger partial charge in [0.2, 0.25) is 0 Å². The highest BCUT2D eigenvalue weighted by Crippen LogP contribution is 2.59. The van der Waals surface area contributed by atoms with Crippen molar-refractivity contribution in [1.82, 2.24) is 15.2 Å². The van der Waals surface area contributed by atoms with Crippen LogP contribution in [0, 0.1) is 5.92 Å². The van der Waals surface area contributed by atoms with Gasteiger partial charge in [-0.15, -0.1) is 0 Å². The van der Waals surface area contributed by atoms with E-state index in [1.165, 1.54) is 18.5 Å². The highest BCUT2D eigenvalue weighted by atomic mass is 16.5. The number of nitrogens with two attached hydrogens (primary N) is 1. The molecular weight excluding hydrogens is 428 g/mol. The van der Waals surface area contributed by atoms with Crippen LogP contribution in [0.1, 0.15) is 49.0 Å². The fourth-order valence-corrected chi connectivity index (χ4v) is 5.46. The quantitative estimate of drug-likeness (QED) is 0.610. The molecule has 4 N–H and O–H groups in total. The number of nitrogens with one attached hydrogen (secondary N) is 1. The molecule has 0 spiro atoms. The van der Waals surface area contributed by atoms with Gasteiger partial charge in [0, 0.05) is 55.2 Å². The average molecular weight is 463 g/mol. The predicted molar refractivity (Wildman–Crippen MR) is 132 cm³/mol. The van der Waals surface area contributed by atoms with E-state index in [9.17, 15) is 9.90 Å². The number of fused-ring (bicyclic) bond motifs is 1. The summed E-state index contributed by atoms with van der Waals surface area (Å²) >= 11 is 0. The van der Waals surface area contributed by atoms with E-state index in [-0.39, 0.29) is 17.1 Å². The van der Waals surface area contributed by atoms with Gasteiger partial charge < -0.3 is 20.9 Å². The predicted octanol–water partition coefficient (Wildman–Crippen LogP) is 3.10. The smallest absolute Gasteiger partial charge is 0.259 e. The topological polar surface area (TPSA) is 101 Å². The summed E-state index contributed by atoms with van der Waals surface area (Å²) in [4.78, 5) is 19.6. The van der Waals surface area contributed by atoms with Crippen molar-refractivity contribution in [3.8, 4) is 11.1 Å². The maximum absolute atomic E-state index is 12.7. The Morgan fingerprint density at radius 1 is 1.26 bits per heavy atom. The molecule has 2 aliphatic heterocycles. The number of nitrogens with zero attached hydrogens (tertiary/aromatic N) is 2. The molecule has 2 atom stereocenters. The van der Waals surface area contributed by atoms with Gasteiger partial charge in [-0.05, 0) is 56.2 Å². The van der Waals surface area contributed by atoms with Gasteiger partial charge in [0.25, 0.3) is 5.91 Å². The normalized spacial score (nSPS) is 25.1. The van der Waals surface area contributed by atoms with Crippen molar-refractivity contribution in [2.24, 2.45) is 5.92 Å². The van der Waals surface area contributed by atoms with Gasteiger partial charge in [0.1, 0.15) is 5.82 Å². The van der Waals surface area contributed by atoms with E-state index in [4.69, 9.17) is 10.5 Å². The summed E-state index contributed by atoms with van der Waals surface area (Å²) < 4.78 is 5.55. The second-order valence-electron chi connectivity index (χ2n) is 10.6. The third-order valence-electron chi connectivity index (χ3n) is 7.84. The summed E-state index contributed by atoms with van der Waals surface area (Å²) in [5, 5.41) is 12.7. The lowest BCUT2D eigenvalue weighted by Crippen LogP contribution is -2.40. The maximum Gasteiger partial charge on any atom is 0.259 e. The van der Waals surface area contributed by atoms with E-state index in [0.717, 1.165) is 49.6 Å². The molecule has 0 radical (unpaired) electrons. The van der Waals surface area contributed by atoms with Crippen LogP contribution in [-0.4, -0.2) is 58.8 Å². The SMILES string of the molecule is C=C(NC(=O)c1cc(-c2ccc([C@@]34C[C@@H]3CN(C3CCOCC3)C4)cc2)cnc1N)C(C)(C)O. The molecule has 0 unspecified atom stereocenters. The number of piperidine rings is 1. The van der Waals surface area contributed by atoms with Gasteiger partial charge in [0.15, 0.2) is 0 Å². The van der Waals surface area contributed by atoms with Gasteiger partial charge in [-0.25, -0.2) is 4.98 Å². The van der Waals surface area contributed by atoms with Crippen LogP contribution in [0.3, 0.4) is 0 Å². The standard InChI is InChI=1S/C27H34N4O3/c1-17(26(2,3)33)30-25(32)23-12-19(14-29-24(23)28)18-4-6-20(7-5-18)27-13-21(27)15-31(16-27)22-8-10-34-11-9-22/h4-7,12,14,21-22,33H,1,8-11,13,15-16H2,2-3H3,(H2,28,29)(H,30,32)/t21-,27+/m1/s1. The van der Waals surface area contributed by atoms with E-state index in [0.29, 0.717) is 11.5 Å². The number of anilines is 1. The number of pyridine rings is 1. The van der Waals surface area contributed by atoms with Gasteiger partial charge in [0.05, 0.1) is 11.2 Å². The Hall–Kier alpha value is -2.74. The van der Waals surface area contributed by atoms with Gasteiger partial charge >= 0.3 is 0 Å². The monoisotopic (exact) mass is 462 g/mol. The number of likely N-dealkylation sites (tertiary alicyclic amines) is 1. The van der Waals surface area contributed by atoms with Crippen LogP contribution in [0.5, 0.6) is 0 Å². The van der Waals surface area contributed by atoms with E-state index in [1.807, 2.05) is 0 Å². The molecule has 1 aromatic carbocycles. The number of ether oxygens (including phenoxy) is 1. The molecule has 5 rings (SSSR count). The number of benzene rings is 1. The van der Waals surface area contributed by atoms with Gasteiger partial charge in [-0.3, -0.25) is 9.69 Å². The van der Waals surface area contributed by atoms with Crippen molar-refractivity contribution in [2.75, 3.05) is 32.0 Å². The highest BCUT2D eigenvalue weighted by molar-refractivity contribution is 6.00. The molecule has 1 aromatic heterocycles. The van der Waals surface area contributed by atoms with Crippen molar-refractivity contribution in [3.63, 3.8) is 0 Å². The number of hydrogen-bond acceptors (Lipinski definition) is 6. The minimum Gasteiger partial charge on any atom is -0.384 e. The summed E-state index contributed by atoms with van der Waals surface area (Å²) in [5.74, 6) is 0.452. The first-order valence-electron chi connectivity index (χ1n) is 12.1. The van der Waals surface area contributed by atoms with Crippen LogP contribution in [0.15, 0.2) is 48.8 Å². The number of aromatic nitrogens is 1. The zero-order valence-corrected chi connectivity index (χ0v) is 20.0. The lowest BCUT2D eigenvalue weighted by Gasteiger charge is -2.33. The number of carbonyl (C=O) groups is 1. The fraction of sp³-hybridized carbons (Fsp3) is 0.481. The van der Waals surface area contributed by atoms with Crippen molar-refractivity contribution < 1.29 is 14.6 Å². The van der Waals surface area contributed by atoms with Crippen molar-refractivity contribution in [1.29, 1.82) is 0 Å². The Labute approximate surface area is 201 Å². The number of carbonyl (C=O) groups excluding carboxylic acids is 1. The Balaban J connectivity index is 1.31. The maximum atomic E-state index is 12.7. The Kier molecular flexibility index (Phi) is 5.74. The van der Waals surface area contributed by atoms with Crippen molar-refractivity contribution in [2.45, 2.75) is 50.2 Å². The fourth-order valence-electron chi connectivity index (χ4n) is 5.46. The molecule has 1 amide bonds. The van der Waals surface area contributed by atoms with Gasteiger partial charge in [-0.2, -0.15) is 0 Å². The number of aliphatic hydroxyl groups is 1. The van der Waals surface area contributed by atoms with Crippen LogP contribution in [0.4, 0.5) is 5.82 Å². The molecule has 7 heteroatoms. The Morgan fingerprint density at radius 2 is 1.97 bits per heavy atom. The molecule has 3 heterocycles. The number of nitrogen functional groups attached to an aromatic ring is 1. The lowest BCUT2D eigenvalue weighted by atomic mass is 9.92. The molecule has 2 saturated heterocycles. The molecule has 2 aromatic rings. The van der Waals surface area contributed by atoms with Crippen LogP contribution in [-0.2, 0) is 10.2 Å². The van der Waals surface area contributed by atoms with Gasteiger partial charge in [-0.1, -0.05) is 30.8 Å². The highest BCUT2D eigenvalue weighted by Gasteiger charge is 2.61. The molecule has 1 aliphatic carbocycles. The summed E-state index contributed by atoms with van der Waals surface area (Å²) in [5.41, 5.74) is 8.71. The van der Waals surface area contributed by atoms with Crippen molar-refractivity contribution >= 4 is 11.7 Å². The summed E-state index contributed by atoms with van der Waals surface area (Å²) in [6.45, 7) is 11.0. The minimum absolute atomic E-state index is 0.139. The molecule has 180 valence electrons. The Morgan fingerprint density at radius 3 is 2.65 bits per heavy atom.